The highest BCUT2D eigenvalue weighted by molar-refractivity contribution is 7.90. The van der Waals surface area contributed by atoms with Crippen LogP contribution < -0.4 is 14.8 Å². The first-order valence-corrected chi connectivity index (χ1v) is 12.2. The predicted octanol–water partition coefficient (Wildman–Crippen LogP) is 4.71. The van der Waals surface area contributed by atoms with E-state index in [1.54, 1.807) is 43.4 Å². The third-order valence-electron chi connectivity index (χ3n) is 5.10. The van der Waals surface area contributed by atoms with Gasteiger partial charge in [-0.05, 0) is 55.1 Å². The molecule has 0 aliphatic rings. The van der Waals surface area contributed by atoms with Crippen molar-refractivity contribution in [1.29, 1.82) is 0 Å². The molecular weight excluding hydrogens is 455 g/mol. The SMILES string of the molecule is CNCc1cc(-c2ccccc2F)n(S(=O)(=O)c2cccc(OCCOc3ccccc3)c2)c1. The zero-order chi connectivity index (χ0) is 24.0. The Morgan fingerprint density at radius 1 is 0.853 bits per heavy atom. The Labute approximate surface area is 198 Å². The molecule has 0 fully saturated rings. The van der Waals surface area contributed by atoms with Crippen LogP contribution in [0.2, 0.25) is 0 Å². The van der Waals surface area contributed by atoms with Gasteiger partial charge in [0.15, 0.2) is 0 Å². The van der Waals surface area contributed by atoms with Crippen LogP contribution in [0.1, 0.15) is 5.56 Å². The van der Waals surface area contributed by atoms with Crippen LogP contribution in [0, 0.1) is 5.82 Å². The second kappa shape index (κ2) is 10.5. The Balaban J connectivity index is 1.58. The van der Waals surface area contributed by atoms with Crippen LogP contribution in [0.3, 0.4) is 0 Å². The molecule has 3 aromatic carbocycles. The molecule has 0 bridgehead atoms. The van der Waals surface area contributed by atoms with Crippen molar-refractivity contribution in [1.82, 2.24) is 9.29 Å². The fourth-order valence-electron chi connectivity index (χ4n) is 3.54. The van der Waals surface area contributed by atoms with E-state index in [1.807, 2.05) is 30.3 Å². The predicted molar refractivity (Wildman–Crippen MR) is 129 cm³/mol. The Morgan fingerprint density at radius 2 is 1.53 bits per heavy atom. The summed E-state index contributed by atoms with van der Waals surface area (Å²) in [5.41, 5.74) is 1.18. The quantitative estimate of drug-likeness (QED) is 0.333. The second-order valence-electron chi connectivity index (χ2n) is 7.53. The molecule has 1 N–H and O–H groups in total. The lowest BCUT2D eigenvalue weighted by Crippen LogP contribution is -2.14. The molecule has 4 rings (SSSR count). The Kier molecular flexibility index (Phi) is 7.30. The first kappa shape index (κ1) is 23.5. The zero-order valence-electron chi connectivity index (χ0n) is 18.6. The summed E-state index contributed by atoms with van der Waals surface area (Å²) in [5, 5.41) is 3.00. The molecule has 0 radical (unpaired) electrons. The molecule has 4 aromatic rings. The minimum Gasteiger partial charge on any atom is -0.490 e. The summed E-state index contributed by atoms with van der Waals surface area (Å²) >= 11 is 0. The van der Waals surface area contributed by atoms with E-state index >= 15 is 0 Å². The number of benzene rings is 3. The number of rotatable bonds is 10. The molecule has 34 heavy (non-hydrogen) atoms. The van der Waals surface area contributed by atoms with Crippen LogP contribution >= 0.6 is 0 Å². The van der Waals surface area contributed by atoms with Gasteiger partial charge in [0.1, 0.15) is 30.5 Å². The Hall–Kier alpha value is -3.62. The summed E-state index contributed by atoms with van der Waals surface area (Å²) in [6.45, 7) is 0.993. The fraction of sp³-hybridized carbons (Fsp3) is 0.154. The lowest BCUT2D eigenvalue weighted by atomic mass is 10.1. The van der Waals surface area contributed by atoms with Gasteiger partial charge in [0.2, 0.25) is 0 Å². The summed E-state index contributed by atoms with van der Waals surface area (Å²) in [6, 6.07) is 23.4. The van der Waals surface area contributed by atoms with Crippen molar-refractivity contribution in [2.45, 2.75) is 11.4 Å². The van der Waals surface area contributed by atoms with Crippen molar-refractivity contribution in [3.05, 3.63) is 103 Å². The van der Waals surface area contributed by atoms with E-state index in [0.29, 0.717) is 18.9 Å². The number of para-hydroxylation sites is 1. The second-order valence-corrected chi connectivity index (χ2v) is 9.34. The number of ether oxygens (including phenoxy) is 2. The first-order chi connectivity index (χ1) is 16.5. The summed E-state index contributed by atoms with van der Waals surface area (Å²) in [7, 11) is -2.26. The fourth-order valence-corrected chi connectivity index (χ4v) is 4.96. The van der Waals surface area contributed by atoms with Crippen molar-refractivity contribution < 1.29 is 22.3 Å². The molecule has 0 aliphatic heterocycles. The van der Waals surface area contributed by atoms with Crippen LogP contribution in [0.25, 0.3) is 11.3 Å². The van der Waals surface area contributed by atoms with Crippen molar-refractivity contribution in [3.8, 4) is 22.8 Å². The van der Waals surface area contributed by atoms with Gasteiger partial charge in [0, 0.05) is 24.4 Å². The summed E-state index contributed by atoms with van der Waals surface area (Å²) < 4.78 is 54.1. The number of nitrogens with zero attached hydrogens (tertiary/aromatic N) is 1. The van der Waals surface area contributed by atoms with Gasteiger partial charge < -0.3 is 14.8 Å². The molecule has 0 saturated heterocycles. The maximum absolute atomic E-state index is 14.5. The molecule has 0 spiro atoms. The van der Waals surface area contributed by atoms with Gasteiger partial charge in [0.05, 0.1) is 10.6 Å². The van der Waals surface area contributed by atoms with Gasteiger partial charge in [-0.25, -0.2) is 16.8 Å². The molecule has 0 unspecified atom stereocenters. The summed E-state index contributed by atoms with van der Waals surface area (Å²) in [6.07, 6.45) is 1.51. The third-order valence-corrected chi connectivity index (χ3v) is 6.77. The van der Waals surface area contributed by atoms with Gasteiger partial charge >= 0.3 is 0 Å². The first-order valence-electron chi connectivity index (χ1n) is 10.8. The van der Waals surface area contributed by atoms with Gasteiger partial charge in [-0.15, -0.1) is 0 Å². The van der Waals surface area contributed by atoms with Crippen LogP contribution in [-0.2, 0) is 16.6 Å². The number of aromatic nitrogens is 1. The van der Waals surface area contributed by atoms with Crippen LogP contribution in [-0.4, -0.2) is 32.7 Å². The smallest absolute Gasteiger partial charge is 0.268 e. The number of hydrogen-bond donors (Lipinski definition) is 1. The normalized spacial score (nSPS) is 11.4. The molecule has 0 saturated carbocycles. The minimum absolute atomic E-state index is 0.0400. The van der Waals surface area contributed by atoms with E-state index in [2.05, 4.69) is 5.32 Å². The largest absolute Gasteiger partial charge is 0.490 e. The highest BCUT2D eigenvalue weighted by Crippen LogP contribution is 2.30. The van der Waals surface area contributed by atoms with Gasteiger partial charge in [0.25, 0.3) is 10.0 Å². The molecule has 0 atom stereocenters. The molecule has 8 heteroatoms. The van der Waals surface area contributed by atoms with E-state index in [0.717, 1.165) is 15.3 Å². The average molecular weight is 481 g/mol. The highest BCUT2D eigenvalue weighted by atomic mass is 32.2. The van der Waals surface area contributed by atoms with E-state index in [-0.39, 0.29) is 22.8 Å². The lowest BCUT2D eigenvalue weighted by Gasteiger charge is -2.13. The van der Waals surface area contributed by atoms with Crippen LogP contribution in [0.4, 0.5) is 4.39 Å². The number of halogens is 1. The summed E-state index contributed by atoms with van der Waals surface area (Å²) in [5.74, 6) is 0.629. The number of hydrogen-bond acceptors (Lipinski definition) is 5. The molecule has 0 amide bonds. The Bertz CT molecular complexity index is 1350. The van der Waals surface area contributed by atoms with Crippen molar-refractivity contribution in [2.24, 2.45) is 0 Å². The maximum atomic E-state index is 14.5. The van der Waals surface area contributed by atoms with Gasteiger partial charge in [-0.2, -0.15) is 0 Å². The van der Waals surface area contributed by atoms with E-state index in [1.165, 1.54) is 24.4 Å². The van der Waals surface area contributed by atoms with E-state index in [9.17, 15) is 12.8 Å². The maximum Gasteiger partial charge on any atom is 0.268 e. The summed E-state index contributed by atoms with van der Waals surface area (Å²) in [4.78, 5) is 0.0400. The zero-order valence-corrected chi connectivity index (χ0v) is 19.5. The molecule has 6 nitrogen and oxygen atoms in total. The van der Waals surface area contributed by atoms with Crippen molar-refractivity contribution >= 4 is 10.0 Å². The average Bonchev–Trinajstić information content (AvgIpc) is 3.28. The standard InChI is InChI=1S/C26H25FN2O4S/c1-28-18-20-16-26(24-12-5-6-13-25(24)27)29(19-20)34(30,31)23-11-7-10-22(17-23)33-15-14-32-21-8-3-2-4-9-21/h2-13,16-17,19,28H,14-15,18H2,1H3. The van der Waals surface area contributed by atoms with Crippen molar-refractivity contribution in [3.63, 3.8) is 0 Å². The van der Waals surface area contributed by atoms with E-state index in [4.69, 9.17) is 9.47 Å². The monoisotopic (exact) mass is 480 g/mol. The number of nitrogens with one attached hydrogen (secondary N) is 1. The van der Waals surface area contributed by atoms with Crippen LogP contribution in [0.15, 0.2) is 96.0 Å². The van der Waals surface area contributed by atoms with Gasteiger partial charge in [-0.1, -0.05) is 36.4 Å². The van der Waals surface area contributed by atoms with Gasteiger partial charge in [-0.3, -0.25) is 0 Å². The molecule has 1 aromatic heterocycles. The molecule has 176 valence electrons. The van der Waals surface area contributed by atoms with Crippen molar-refractivity contribution in [2.75, 3.05) is 20.3 Å². The Morgan fingerprint density at radius 3 is 2.26 bits per heavy atom. The molecular formula is C26H25FN2O4S. The third kappa shape index (κ3) is 5.30. The van der Waals surface area contributed by atoms with Crippen LogP contribution in [0.5, 0.6) is 11.5 Å². The minimum atomic E-state index is -4.02. The van der Waals surface area contributed by atoms with E-state index < -0.39 is 15.8 Å². The molecule has 1 heterocycles. The lowest BCUT2D eigenvalue weighted by molar-refractivity contribution is 0.217. The highest BCUT2D eigenvalue weighted by Gasteiger charge is 2.23. The molecule has 0 aliphatic carbocycles. The topological polar surface area (TPSA) is 69.6 Å².